The minimum atomic E-state index is -0.346. The lowest BCUT2D eigenvalue weighted by atomic mass is 10.2. The molecule has 0 unspecified atom stereocenters. The van der Waals surface area contributed by atoms with Gasteiger partial charge in [-0.05, 0) is 24.6 Å². The van der Waals surface area contributed by atoms with Gasteiger partial charge in [0, 0.05) is 32.7 Å². The molecular weight excluding hydrogens is 433 g/mol. The second-order valence-electron chi connectivity index (χ2n) is 7.33. The van der Waals surface area contributed by atoms with Crippen molar-refractivity contribution in [3.63, 3.8) is 0 Å². The molecule has 1 N–H and O–H groups in total. The number of carbonyl (C=O) groups excluding carboxylic acids is 1. The number of para-hydroxylation sites is 1. The average Bonchev–Trinajstić information content (AvgIpc) is 3.23. The van der Waals surface area contributed by atoms with Gasteiger partial charge in [-0.15, -0.1) is 10.2 Å². The van der Waals surface area contributed by atoms with E-state index >= 15 is 0 Å². The first kappa shape index (κ1) is 21.7. The molecule has 0 aliphatic carbocycles. The van der Waals surface area contributed by atoms with Gasteiger partial charge in [0.1, 0.15) is 5.82 Å². The highest BCUT2D eigenvalue weighted by atomic mass is 32.2. The van der Waals surface area contributed by atoms with Gasteiger partial charge >= 0.3 is 0 Å². The Bertz CT molecular complexity index is 1010. The molecule has 1 saturated heterocycles. The normalized spacial score (nSPS) is 15.6. The van der Waals surface area contributed by atoms with Crippen LogP contribution >= 0.6 is 23.1 Å². The molecule has 1 aliphatic rings. The van der Waals surface area contributed by atoms with E-state index < -0.39 is 0 Å². The molecule has 0 spiro atoms. The predicted molar refractivity (Wildman–Crippen MR) is 123 cm³/mol. The van der Waals surface area contributed by atoms with E-state index in [-0.39, 0.29) is 17.0 Å². The van der Waals surface area contributed by atoms with Crippen molar-refractivity contribution in [1.29, 1.82) is 0 Å². The minimum Gasteiger partial charge on any atom is -0.339 e. The van der Waals surface area contributed by atoms with Crippen molar-refractivity contribution in [3.8, 4) is 0 Å². The van der Waals surface area contributed by atoms with Crippen molar-refractivity contribution in [2.45, 2.75) is 23.1 Å². The van der Waals surface area contributed by atoms with Gasteiger partial charge in [-0.3, -0.25) is 9.69 Å². The van der Waals surface area contributed by atoms with E-state index in [2.05, 4.69) is 44.7 Å². The van der Waals surface area contributed by atoms with E-state index in [9.17, 15) is 9.18 Å². The smallest absolute Gasteiger partial charge is 0.235 e. The molecule has 6 nitrogen and oxygen atoms in total. The maximum absolute atomic E-state index is 13.8. The van der Waals surface area contributed by atoms with Crippen LogP contribution in [0.25, 0.3) is 0 Å². The number of nitrogens with zero attached hydrogens (tertiary/aromatic N) is 4. The Labute approximate surface area is 189 Å². The zero-order valence-corrected chi connectivity index (χ0v) is 18.8. The topological polar surface area (TPSA) is 61.4 Å². The molecule has 1 amide bonds. The van der Waals surface area contributed by atoms with Crippen molar-refractivity contribution in [1.82, 2.24) is 20.0 Å². The average molecular weight is 458 g/mol. The highest BCUT2D eigenvalue weighted by Crippen LogP contribution is 2.31. The van der Waals surface area contributed by atoms with Crippen LogP contribution in [0, 0.1) is 5.82 Å². The van der Waals surface area contributed by atoms with Crippen molar-refractivity contribution in [3.05, 3.63) is 66.0 Å². The molecule has 31 heavy (non-hydrogen) atoms. The molecular formula is C22H24FN5OS2. The standard InChI is InChI=1S/C22H24FN5OS2/c1-16(30-22-26-25-21(31-22)24-19-10-6-5-9-18(19)23)20(29)28-13-11-27(12-14-28)15-17-7-3-2-4-8-17/h2-10,16H,11-15H2,1H3,(H,24,25)/t16-/m0/s1. The van der Waals surface area contributed by atoms with E-state index in [1.807, 2.05) is 17.9 Å². The molecule has 0 radical (unpaired) electrons. The third kappa shape index (κ3) is 5.81. The number of anilines is 2. The zero-order valence-electron chi connectivity index (χ0n) is 17.2. The molecule has 1 aromatic heterocycles. The maximum Gasteiger partial charge on any atom is 0.235 e. The summed E-state index contributed by atoms with van der Waals surface area (Å²) in [5, 5.41) is 11.4. The molecule has 4 rings (SSSR count). The molecule has 0 saturated carbocycles. The fourth-order valence-electron chi connectivity index (χ4n) is 3.41. The summed E-state index contributed by atoms with van der Waals surface area (Å²) in [4.78, 5) is 17.2. The summed E-state index contributed by atoms with van der Waals surface area (Å²) in [5.41, 5.74) is 1.65. The van der Waals surface area contributed by atoms with Crippen LogP contribution in [0.15, 0.2) is 58.9 Å². The maximum atomic E-state index is 13.8. The van der Waals surface area contributed by atoms with Crippen molar-refractivity contribution < 1.29 is 9.18 Å². The predicted octanol–water partition coefficient (Wildman–Crippen LogP) is 4.25. The second kappa shape index (κ2) is 10.2. The molecule has 1 fully saturated rings. The van der Waals surface area contributed by atoms with Gasteiger partial charge in [-0.1, -0.05) is 65.6 Å². The Balaban J connectivity index is 1.26. The summed E-state index contributed by atoms with van der Waals surface area (Å²) in [6.45, 7) is 6.01. The Morgan fingerprint density at radius 1 is 1.10 bits per heavy atom. The highest BCUT2D eigenvalue weighted by Gasteiger charge is 2.26. The summed E-state index contributed by atoms with van der Waals surface area (Å²) < 4.78 is 14.5. The van der Waals surface area contributed by atoms with Crippen LogP contribution < -0.4 is 5.32 Å². The number of aromatic nitrogens is 2. The fraction of sp³-hybridized carbons (Fsp3) is 0.318. The van der Waals surface area contributed by atoms with E-state index in [0.717, 1.165) is 32.7 Å². The monoisotopic (exact) mass is 457 g/mol. The molecule has 162 valence electrons. The second-order valence-corrected chi connectivity index (χ2v) is 9.89. The van der Waals surface area contributed by atoms with Gasteiger partial charge in [0.2, 0.25) is 11.0 Å². The molecule has 2 aromatic carbocycles. The molecule has 2 heterocycles. The Hall–Kier alpha value is -2.49. The van der Waals surface area contributed by atoms with Crippen LogP contribution in [0.3, 0.4) is 0 Å². The lowest BCUT2D eigenvalue weighted by molar-refractivity contribution is -0.132. The minimum absolute atomic E-state index is 0.114. The van der Waals surface area contributed by atoms with Crippen LogP contribution in [-0.2, 0) is 11.3 Å². The Morgan fingerprint density at radius 2 is 1.81 bits per heavy atom. The first-order chi connectivity index (χ1) is 15.1. The van der Waals surface area contributed by atoms with Gasteiger partial charge in [-0.25, -0.2) is 4.39 Å². The van der Waals surface area contributed by atoms with Gasteiger partial charge in [0.05, 0.1) is 10.9 Å². The summed E-state index contributed by atoms with van der Waals surface area (Å²) in [7, 11) is 0. The van der Waals surface area contributed by atoms with Crippen molar-refractivity contribution in [2.24, 2.45) is 0 Å². The number of amides is 1. The Morgan fingerprint density at radius 3 is 2.55 bits per heavy atom. The number of piperazine rings is 1. The molecule has 0 bridgehead atoms. The van der Waals surface area contributed by atoms with E-state index in [0.29, 0.717) is 15.2 Å². The largest absolute Gasteiger partial charge is 0.339 e. The first-order valence-electron chi connectivity index (χ1n) is 10.2. The summed E-state index contributed by atoms with van der Waals surface area (Å²) in [5.74, 6) is -0.231. The van der Waals surface area contributed by atoms with Gasteiger partial charge in [0.15, 0.2) is 4.34 Å². The lowest BCUT2D eigenvalue weighted by Crippen LogP contribution is -2.50. The molecule has 9 heteroatoms. The quantitative estimate of drug-likeness (QED) is 0.536. The fourth-order valence-corrected chi connectivity index (χ4v) is 5.40. The van der Waals surface area contributed by atoms with Crippen molar-refractivity contribution >= 4 is 39.8 Å². The zero-order chi connectivity index (χ0) is 21.6. The van der Waals surface area contributed by atoms with Crippen molar-refractivity contribution in [2.75, 3.05) is 31.5 Å². The van der Waals surface area contributed by atoms with E-state index in [1.54, 1.807) is 18.2 Å². The Kier molecular flexibility index (Phi) is 7.16. The first-order valence-corrected chi connectivity index (χ1v) is 11.8. The van der Waals surface area contributed by atoms with Crippen LogP contribution in [0.1, 0.15) is 12.5 Å². The number of rotatable bonds is 7. The van der Waals surface area contributed by atoms with Crippen LogP contribution in [0.2, 0.25) is 0 Å². The van der Waals surface area contributed by atoms with E-state index in [4.69, 9.17) is 0 Å². The third-order valence-electron chi connectivity index (χ3n) is 5.08. The van der Waals surface area contributed by atoms with E-state index in [1.165, 1.54) is 34.7 Å². The number of halogens is 1. The lowest BCUT2D eigenvalue weighted by Gasteiger charge is -2.35. The van der Waals surface area contributed by atoms with Crippen LogP contribution in [0.4, 0.5) is 15.2 Å². The number of carbonyl (C=O) groups is 1. The summed E-state index contributed by atoms with van der Waals surface area (Å²) in [6, 6.07) is 16.8. The number of hydrogen-bond acceptors (Lipinski definition) is 7. The summed E-state index contributed by atoms with van der Waals surface area (Å²) >= 11 is 2.71. The number of benzene rings is 2. The number of hydrogen-bond donors (Lipinski definition) is 1. The highest BCUT2D eigenvalue weighted by molar-refractivity contribution is 8.02. The van der Waals surface area contributed by atoms with Gasteiger partial charge in [-0.2, -0.15) is 0 Å². The van der Waals surface area contributed by atoms with Gasteiger partial charge < -0.3 is 10.2 Å². The molecule has 1 atom stereocenters. The number of thioether (sulfide) groups is 1. The number of nitrogens with one attached hydrogen (secondary N) is 1. The van der Waals surface area contributed by atoms with Gasteiger partial charge in [0.25, 0.3) is 0 Å². The van der Waals surface area contributed by atoms with Crippen LogP contribution in [0.5, 0.6) is 0 Å². The van der Waals surface area contributed by atoms with Crippen LogP contribution in [-0.4, -0.2) is 57.3 Å². The summed E-state index contributed by atoms with van der Waals surface area (Å²) in [6.07, 6.45) is 0. The SMILES string of the molecule is C[C@H](Sc1nnc(Nc2ccccc2F)s1)C(=O)N1CCN(Cc2ccccc2)CC1. The molecule has 3 aromatic rings. The molecule has 1 aliphatic heterocycles. The third-order valence-corrected chi connectivity index (χ3v) is 7.09.